The molecule has 0 aromatic heterocycles. The lowest BCUT2D eigenvalue weighted by Gasteiger charge is -2.00. The lowest BCUT2D eigenvalue weighted by atomic mass is 10.1. The molecule has 0 aliphatic carbocycles. The van der Waals surface area contributed by atoms with Crippen molar-refractivity contribution in [2.45, 2.75) is 18.9 Å². The number of hydrogen-bond donors (Lipinski definition) is 1. The molecule has 3 heteroatoms. The van der Waals surface area contributed by atoms with Crippen LogP contribution in [0.2, 0.25) is 0 Å². The zero-order valence-corrected chi connectivity index (χ0v) is 11.3. The summed E-state index contributed by atoms with van der Waals surface area (Å²) in [6, 6.07) is 21.1. The molecule has 0 fully saturated rings. The molecule has 0 heterocycles. The highest BCUT2D eigenvalue weighted by Crippen LogP contribution is 2.00. The number of benzene rings is 2. The normalized spacial score (nSPS) is 10.6. The summed E-state index contributed by atoms with van der Waals surface area (Å²) in [6.45, 7) is 0. The molecule has 0 radical (unpaired) electrons. The number of hydrogen-bond acceptors (Lipinski definition) is 3. The zero-order valence-electron chi connectivity index (χ0n) is 11.3. The largest absolute Gasteiger partial charge is 0.316 e. The van der Waals surface area contributed by atoms with Crippen LogP contribution >= 0.6 is 0 Å². The molecule has 2 rings (SSSR count). The summed E-state index contributed by atoms with van der Waals surface area (Å²) in [5.41, 5.74) is 7.63. The first-order chi connectivity index (χ1) is 9.76. The predicted octanol–water partition coefficient (Wildman–Crippen LogP) is 2.51. The van der Waals surface area contributed by atoms with Gasteiger partial charge in [0.1, 0.15) is 6.29 Å². The van der Waals surface area contributed by atoms with Crippen molar-refractivity contribution in [1.82, 2.24) is 0 Å². The summed E-state index contributed by atoms with van der Waals surface area (Å²) in [6.07, 6.45) is 2.08. The quantitative estimate of drug-likeness (QED) is 0.865. The van der Waals surface area contributed by atoms with Crippen molar-refractivity contribution in [3.63, 3.8) is 0 Å². The first kappa shape index (κ1) is 15.6. The van der Waals surface area contributed by atoms with Crippen LogP contribution in [0, 0.1) is 11.3 Å². The maximum atomic E-state index is 9.97. The van der Waals surface area contributed by atoms with Crippen LogP contribution in [0.25, 0.3) is 0 Å². The SMILES string of the molecule is N#CC(N)Cc1ccccc1.O=CCc1ccccc1. The number of nitriles is 1. The molecule has 0 aliphatic rings. The van der Waals surface area contributed by atoms with E-state index >= 15 is 0 Å². The highest BCUT2D eigenvalue weighted by Gasteiger charge is 1.99. The molecule has 0 saturated heterocycles. The summed E-state index contributed by atoms with van der Waals surface area (Å²) >= 11 is 0. The molecule has 20 heavy (non-hydrogen) atoms. The third-order valence-corrected chi connectivity index (χ3v) is 2.63. The number of nitrogens with zero attached hydrogens (tertiary/aromatic N) is 1. The smallest absolute Gasteiger partial charge is 0.124 e. The van der Waals surface area contributed by atoms with Gasteiger partial charge in [0.2, 0.25) is 0 Å². The van der Waals surface area contributed by atoms with Gasteiger partial charge in [-0.3, -0.25) is 0 Å². The van der Waals surface area contributed by atoms with Crippen LogP contribution in [0.5, 0.6) is 0 Å². The third kappa shape index (κ3) is 6.48. The van der Waals surface area contributed by atoms with Gasteiger partial charge in [-0.15, -0.1) is 0 Å². The van der Waals surface area contributed by atoms with E-state index in [0.717, 1.165) is 17.4 Å². The maximum absolute atomic E-state index is 9.97. The monoisotopic (exact) mass is 266 g/mol. The summed E-state index contributed by atoms with van der Waals surface area (Å²) in [4.78, 5) is 9.97. The Labute approximate surface area is 119 Å². The molecule has 0 amide bonds. The Morgan fingerprint density at radius 3 is 1.95 bits per heavy atom. The standard InChI is InChI=1S/C9H10N2.C8H8O/c10-7-9(11)6-8-4-2-1-3-5-8;9-7-6-8-4-2-1-3-5-8/h1-5,9H,6,11H2;1-5,7H,6H2. The fourth-order valence-corrected chi connectivity index (χ4v) is 1.62. The molecule has 3 nitrogen and oxygen atoms in total. The van der Waals surface area contributed by atoms with Crippen LogP contribution < -0.4 is 5.73 Å². The Kier molecular flexibility index (Phi) is 7.41. The molecule has 1 unspecified atom stereocenters. The van der Waals surface area contributed by atoms with E-state index < -0.39 is 0 Å². The molecule has 1 atom stereocenters. The van der Waals surface area contributed by atoms with Crippen LogP contribution in [0.4, 0.5) is 0 Å². The van der Waals surface area contributed by atoms with Crippen molar-refractivity contribution in [2.24, 2.45) is 5.73 Å². The average molecular weight is 266 g/mol. The minimum absolute atomic E-state index is 0.377. The van der Waals surface area contributed by atoms with E-state index in [4.69, 9.17) is 11.0 Å². The fourth-order valence-electron chi connectivity index (χ4n) is 1.62. The van der Waals surface area contributed by atoms with E-state index in [1.807, 2.05) is 66.7 Å². The van der Waals surface area contributed by atoms with E-state index in [2.05, 4.69) is 0 Å². The molecule has 102 valence electrons. The highest BCUT2D eigenvalue weighted by atomic mass is 16.1. The van der Waals surface area contributed by atoms with Crippen molar-refractivity contribution in [1.29, 1.82) is 5.26 Å². The summed E-state index contributed by atoms with van der Waals surface area (Å²) in [7, 11) is 0. The van der Waals surface area contributed by atoms with Crippen molar-refractivity contribution >= 4 is 6.29 Å². The van der Waals surface area contributed by atoms with E-state index in [1.165, 1.54) is 0 Å². The molecule has 0 spiro atoms. The Balaban J connectivity index is 0.000000204. The van der Waals surface area contributed by atoms with Crippen molar-refractivity contribution < 1.29 is 4.79 Å². The summed E-state index contributed by atoms with van der Waals surface area (Å²) < 4.78 is 0. The van der Waals surface area contributed by atoms with Crippen LogP contribution in [-0.2, 0) is 17.6 Å². The Morgan fingerprint density at radius 2 is 1.50 bits per heavy atom. The van der Waals surface area contributed by atoms with Crippen molar-refractivity contribution in [3.05, 3.63) is 71.8 Å². The maximum Gasteiger partial charge on any atom is 0.124 e. The van der Waals surface area contributed by atoms with E-state index in [0.29, 0.717) is 12.8 Å². The third-order valence-electron chi connectivity index (χ3n) is 2.63. The zero-order chi connectivity index (χ0) is 14.6. The number of carbonyl (C=O) groups is 1. The van der Waals surface area contributed by atoms with Crippen LogP contribution in [-0.4, -0.2) is 12.3 Å². The highest BCUT2D eigenvalue weighted by molar-refractivity contribution is 5.54. The first-order valence-electron chi connectivity index (χ1n) is 6.43. The number of rotatable bonds is 4. The summed E-state index contributed by atoms with van der Waals surface area (Å²) in [5, 5.41) is 8.42. The summed E-state index contributed by atoms with van der Waals surface area (Å²) in [5.74, 6) is 0. The number of nitrogens with two attached hydrogens (primary N) is 1. The van der Waals surface area contributed by atoms with Gasteiger partial charge in [-0.2, -0.15) is 5.26 Å². The molecule has 2 aromatic carbocycles. The van der Waals surface area contributed by atoms with Crippen LogP contribution in [0.3, 0.4) is 0 Å². The van der Waals surface area contributed by atoms with Gasteiger partial charge in [0.25, 0.3) is 0 Å². The molecular formula is C17H18N2O. The Bertz CT molecular complexity index is 532. The van der Waals surface area contributed by atoms with Gasteiger partial charge in [-0.1, -0.05) is 60.7 Å². The van der Waals surface area contributed by atoms with Gasteiger partial charge in [-0.25, -0.2) is 0 Å². The average Bonchev–Trinajstić information content (AvgIpc) is 2.50. The molecule has 0 aliphatic heterocycles. The van der Waals surface area contributed by atoms with Gasteiger partial charge in [0.05, 0.1) is 12.1 Å². The predicted molar refractivity (Wildman–Crippen MR) is 79.9 cm³/mol. The van der Waals surface area contributed by atoms with E-state index in [9.17, 15) is 4.79 Å². The Morgan fingerprint density at radius 1 is 1.00 bits per heavy atom. The van der Waals surface area contributed by atoms with Gasteiger partial charge >= 0.3 is 0 Å². The lowest BCUT2D eigenvalue weighted by Crippen LogP contribution is -2.19. The lowest BCUT2D eigenvalue weighted by molar-refractivity contribution is -0.107. The van der Waals surface area contributed by atoms with Gasteiger partial charge in [-0.05, 0) is 11.1 Å². The minimum Gasteiger partial charge on any atom is -0.316 e. The molecular weight excluding hydrogens is 248 g/mol. The van der Waals surface area contributed by atoms with Gasteiger partial charge < -0.3 is 10.5 Å². The fraction of sp³-hybridized carbons (Fsp3) is 0.176. The first-order valence-corrected chi connectivity index (χ1v) is 6.43. The van der Waals surface area contributed by atoms with Crippen molar-refractivity contribution in [3.8, 4) is 6.07 Å². The van der Waals surface area contributed by atoms with Crippen LogP contribution in [0.15, 0.2) is 60.7 Å². The second-order valence-corrected chi connectivity index (χ2v) is 4.28. The van der Waals surface area contributed by atoms with Gasteiger partial charge in [0.15, 0.2) is 0 Å². The minimum atomic E-state index is -0.377. The van der Waals surface area contributed by atoms with Crippen LogP contribution in [0.1, 0.15) is 11.1 Å². The molecule has 0 saturated carbocycles. The Hall–Kier alpha value is -2.44. The molecule has 2 aromatic rings. The second kappa shape index (κ2) is 9.48. The molecule has 2 N–H and O–H groups in total. The van der Waals surface area contributed by atoms with Crippen molar-refractivity contribution in [2.75, 3.05) is 0 Å². The number of carbonyl (C=O) groups excluding carboxylic acids is 1. The van der Waals surface area contributed by atoms with E-state index in [1.54, 1.807) is 0 Å². The van der Waals surface area contributed by atoms with E-state index in [-0.39, 0.29) is 6.04 Å². The van der Waals surface area contributed by atoms with Gasteiger partial charge in [0, 0.05) is 12.8 Å². The number of aldehydes is 1. The molecule has 0 bridgehead atoms. The second-order valence-electron chi connectivity index (χ2n) is 4.28. The topological polar surface area (TPSA) is 66.9 Å².